The molecule has 0 aromatic carbocycles. The smallest absolute Gasteiger partial charge is 0.117 e. The molecular formula is C7H11N3S. The van der Waals surface area contributed by atoms with Crippen LogP contribution in [0.25, 0.3) is 0 Å². The van der Waals surface area contributed by atoms with E-state index in [9.17, 15) is 0 Å². The fourth-order valence-corrected chi connectivity index (χ4v) is 1.40. The summed E-state index contributed by atoms with van der Waals surface area (Å²) in [4.78, 5) is 8.27. The first kappa shape index (κ1) is 8.49. The number of nitrogens with zero attached hydrogens (tertiary/aromatic N) is 2. The molecule has 11 heavy (non-hydrogen) atoms. The minimum atomic E-state index is 0.681. The summed E-state index contributed by atoms with van der Waals surface area (Å²) in [6, 6.07) is 0. The molecule has 0 aliphatic heterocycles. The first-order valence-electron chi connectivity index (χ1n) is 3.45. The Morgan fingerprint density at radius 2 is 2.18 bits per heavy atom. The van der Waals surface area contributed by atoms with Crippen molar-refractivity contribution < 1.29 is 0 Å². The molecule has 60 valence electrons. The van der Waals surface area contributed by atoms with Gasteiger partial charge in [0.1, 0.15) is 5.03 Å². The van der Waals surface area contributed by atoms with Crippen molar-refractivity contribution in [3.05, 3.63) is 18.1 Å². The lowest BCUT2D eigenvalue weighted by Gasteiger charge is -1.99. The van der Waals surface area contributed by atoms with Crippen LogP contribution in [0.5, 0.6) is 0 Å². The van der Waals surface area contributed by atoms with Crippen LogP contribution in [-0.2, 0) is 0 Å². The Labute approximate surface area is 70.4 Å². The third-order valence-electron chi connectivity index (χ3n) is 1.19. The molecule has 0 unspecified atom stereocenters. The van der Waals surface area contributed by atoms with Crippen LogP contribution in [0, 0.1) is 6.92 Å². The standard InChI is InChI=1S/C7H11N3S/c1-6-7(11-5-2-8)10-4-3-9-6/h3-4H,2,5,8H2,1H3. The first-order chi connectivity index (χ1) is 5.34. The van der Waals surface area contributed by atoms with E-state index in [4.69, 9.17) is 5.73 Å². The van der Waals surface area contributed by atoms with Gasteiger partial charge < -0.3 is 5.73 Å². The summed E-state index contributed by atoms with van der Waals surface area (Å²) < 4.78 is 0. The van der Waals surface area contributed by atoms with E-state index in [2.05, 4.69) is 9.97 Å². The van der Waals surface area contributed by atoms with Gasteiger partial charge in [0.25, 0.3) is 0 Å². The van der Waals surface area contributed by atoms with Crippen molar-refractivity contribution >= 4 is 11.8 Å². The lowest BCUT2D eigenvalue weighted by Crippen LogP contribution is -2.02. The predicted molar refractivity (Wildman–Crippen MR) is 46.5 cm³/mol. The highest BCUT2D eigenvalue weighted by atomic mass is 32.2. The van der Waals surface area contributed by atoms with Gasteiger partial charge in [-0.15, -0.1) is 11.8 Å². The molecule has 0 spiro atoms. The van der Waals surface area contributed by atoms with Gasteiger partial charge in [0, 0.05) is 24.7 Å². The average molecular weight is 169 g/mol. The number of nitrogens with two attached hydrogens (primary N) is 1. The van der Waals surface area contributed by atoms with Crippen molar-refractivity contribution in [1.82, 2.24) is 9.97 Å². The zero-order valence-corrected chi connectivity index (χ0v) is 7.27. The van der Waals surface area contributed by atoms with E-state index in [1.165, 1.54) is 0 Å². The minimum absolute atomic E-state index is 0.681. The monoisotopic (exact) mass is 169 g/mol. The van der Waals surface area contributed by atoms with Crippen LogP contribution in [-0.4, -0.2) is 22.3 Å². The molecule has 0 saturated carbocycles. The van der Waals surface area contributed by atoms with Crippen LogP contribution in [0.3, 0.4) is 0 Å². The summed E-state index contributed by atoms with van der Waals surface area (Å²) in [6.07, 6.45) is 3.40. The highest BCUT2D eigenvalue weighted by Crippen LogP contribution is 2.15. The van der Waals surface area contributed by atoms with E-state index >= 15 is 0 Å². The number of thioether (sulfide) groups is 1. The maximum atomic E-state index is 5.36. The van der Waals surface area contributed by atoms with Crippen LogP contribution in [0.2, 0.25) is 0 Å². The lowest BCUT2D eigenvalue weighted by atomic mass is 10.5. The van der Waals surface area contributed by atoms with Gasteiger partial charge in [0.05, 0.1) is 5.69 Å². The first-order valence-corrected chi connectivity index (χ1v) is 4.43. The van der Waals surface area contributed by atoms with Crippen molar-refractivity contribution in [2.24, 2.45) is 5.73 Å². The number of hydrogen-bond donors (Lipinski definition) is 1. The highest BCUT2D eigenvalue weighted by molar-refractivity contribution is 7.99. The molecule has 2 N–H and O–H groups in total. The van der Waals surface area contributed by atoms with Gasteiger partial charge in [0.2, 0.25) is 0 Å². The molecule has 0 saturated heterocycles. The summed E-state index contributed by atoms with van der Waals surface area (Å²) in [5.74, 6) is 0.902. The summed E-state index contributed by atoms with van der Waals surface area (Å²) in [6.45, 7) is 2.63. The normalized spacial score (nSPS) is 10.0. The van der Waals surface area contributed by atoms with Crippen LogP contribution in [0.4, 0.5) is 0 Å². The summed E-state index contributed by atoms with van der Waals surface area (Å²) in [7, 11) is 0. The molecule has 1 heterocycles. The lowest BCUT2D eigenvalue weighted by molar-refractivity contribution is 0.983. The molecule has 0 bridgehead atoms. The Morgan fingerprint density at radius 3 is 2.82 bits per heavy atom. The number of aromatic nitrogens is 2. The van der Waals surface area contributed by atoms with Crippen molar-refractivity contribution in [2.75, 3.05) is 12.3 Å². The Kier molecular flexibility index (Phi) is 3.32. The van der Waals surface area contributed by atoms with Gasteiger partial charge in [-0.1, -0.05) is 0 Å². The molecular weight excluding hydrogens is 158 g/mol. The largest absolute Gasteiger partial charge is 0.330 e. The SMILES string of the molecule is Cc1nccnc1SCCN. The molecule has 0 radical (unpaired) electrons. The van der Waals surface area contributed by atoms with Gasteiger partial charge >= 0.3 is 0 Å². The fraction of sp³-hybridized carbons (Fsp3) is 0.429. The van der Waals surface area contributed by atoms with E-state index in [-0.39, 0.29) is 0 Å². The predicted octanol–water partition coefficient (Wildman–Crippen LogP) is 0.836. The molecule has 4 heteroatoms. The van der Waals surface area contributed by atoms with E-state index < -0.39 is 0 Å². The van der Waals surface area contributed by atoms with Crippen molar-refractivity contribution in [2.45, 2.75) is 11.9 Å². The molecule has 0 aliphatic carbocycles. The molecule has 1 rings (SSSR count). The third-order valence-corrected chi connectivity index (χ3v) is 2.31. The molecule has 0 aliphatic rings. The second-order valence-corrected chi connectivity index (χ2v) is 3.17. The second-order valence-electron chi connectivity index (χ2n) is 2.08. The van der Waals surface area contributed by atoms with Gasteiger partial charge in [-0.25, -0.2) is 4.98 Å². The molecule has 0 fully saturated rings. The highest BCUT2D eigenvalue weighted by Gasteiger charge is 1.98. The molecule has 1 aromatic heterocycles. The van der Waals surface area contributed by atoms with Crippen LogP contribution < -0.4 is 5.73 Å². The average Bonchev–Trinajstić information content (AvgIpc) is 2.03. The summed E-state index contributed by atoms with van der Waals surface area (Å²) in [5.41, 5.74) is 6.34. The quantitative estimate of drug-likeness (QED) is 0.681. The van der Waals surface area contributed by atoms with Gasteiger partial charge in [-0.05, 0) is 6.92 Å². The Hall–Kier alpha value is -0.610. The molecule has 0 atom stereocenters. The topological polar surface area (TPSA) is 51.8 Å². The van der Waals surface area contributed by atoms with E-state index in [0.29, 0.717) is 6.54 Å². The van der Waals surface area contributed by atoms with Gasteiger partial charge in [-0.3, -0.25) is 4.98 Å². The van der Waals surface area contributed by atoms with Gasteiger partial charge in [0.15, 0.2) is 0 Å². The molecule has 0 amide bonds. The van der Waals surface area contributed by atoms with Crippen LogP contribution in [0.15, 0.2) is 17.4 Å². The Bertz CT molecular complexity index is 227. The Morgan fingerprint density at radius 1 is 1.45 bits per heavy atom. The summed E-state index contributed by atoms with van der Waals surface area (Å²) >= 11 is 1.65. The summed E-state index contributed by atoms with van der Waals surface area (Å²) in [5, 5.41) is 0.984. The van der Waals surface area contributed by atoms with E-state index in [1.807, 2.05) is 6.92 Å². The molecule has 3 nitrogen and oxygen atoms in total. The molecule has 1 aromatic rings. The maximum Gasteiger partial charge on any atom is 0.117 e. The maximum absolute atomic E-state index is 5.36. The van der Waals surface area contributed by atoms with Crippen molar-refractivity contribution in [3.8, 4) is 0 Å². The number of hydrogen-bond acceptors (Lipinski definition) is 4. The second kappa shape index (κ2) is 4.31. The Balaban J connectivity index is 2.62. The zero-order chi connectivity index (χ0) is 8.10. The fourth-order valence-electron chi connectivity index (χ4n) is 0.692. The van der Waals surface area contributed by atoms with E-state index in [1.54, 1.807) is 24.2 Å². The van der Waals surface area contributed by atoms with Crippen LogP contribution in [0.1, 0.15) is 5.69 Å². The number of rotatable bonds is 3. The number of aryl methyl sites for hydroxylation is 1. The zero-order valence-electron chi connectivity index (χ0n) is 6.45. The van der Waals surface area contributed by atoms with E-state index in [0.717, 1.165) is 16.5 Å². The minimum Gasteiger partial charge on any atom is -0.330 e. The third kappa shape index (κ3) is 2.48. The van der Waals surface area contributed by atoms with Crippen LogP contribution >= 0.6 is 11.8 Å². The van der Waals surface area contributed by atoms with Crippen molar-refractivity contribution in [3.63, 3.8) is 0 Å². The van der Waals surface area contributed by atoms with Crippen molar-refractivity contribution in [1.29, 1.82) is 0 Å². The van der Waals surface area contributed by atoms with Gasteiger partial charge in [-0.2, -0.15) is 0 Å².